The molecule has 1 fully saturated rings. The van der Waals surface area contributed by atoms with Crippen molar-refractivity contribution in [2.24, 2.45) is 0 Å². The van der Waals surface area contributed by atoms with Gasteiger partial charge in [0.2, 0.25) is 4.77 Å². The van der Waals surface area contributed by atoms with Crippen LogP contribution in [0.15, 0.2) is 41.8 Å². The van der Waals surface area contributed by atoms with Crippen molar-refractivity contribution in [2.45, 2.75) is 38.3 Å². The van der Waals surface area contributed by atoms with Crippen LogP contribution in [0.4, 0.5) is 13.2 Å². The fourth-order valence-electron chi connectivity index (χ4n) is 3.17. The lowest BCUT2D eigenvalue weighted by molar-refractivity contribution is -0.123. The third-order valence-corrected chi connectivity index (χ3v) is 6.06. The molecule has 6 nitrogen and oxygen atoms in total. The first-order chi connectivity index (χ1) is 14.8. The van der Waals surface area contributed by atoms with Crippen LogP contribution >= 0.6 is 23.6 Å². The summed E-state index contributed by atoms with van der Waals surface area (Å²) in [5.74, 6) is -0.00207. The maximum Gasteiger partial charge on any atom is 0.405 e. The van der Waals surface area contributed by atoms with Gasteiger partial charge < -0.3 is 5.32 Å². The zero-order valence-corrected chi connectivity index (χ0v) is 18.0. The van der Waals surface area contributed by atoms with Gasteiger partial charge in [0.1, 0.15) is 6.54 Å². The van der Waals surface area contributed by atoms with E-state index in [-0.39, 0.29) is 5.56 Å². The van der Waals surface area contributed by atoms with Crippen LogP contribution in [0, 0.1) is 4.77 Å². The Balaban J connectivity index is 1.41. The Labute approximate surface area is 185 Å². The Morgan fingerprint density at radius 2 is 2.03 bits per heavy atom. The maximum absolute atomic E-state index is 12.3. The average Bonchev–Trinajstić information content (AvgIpc) is 3.30. The van der Waals surface area contributed by atoms with Gasteiger partial charge in [-0.1, -0.05) is 18.2 Å². The second-order valence-electron chi connectivity index (χ2n) is 7.37. The normalized spacial score (nSPS) is 14.2. The van der Waals surface area contributed by atoms with Crippen LogP contribution in [0.25, 0.3) is 10.7 Å². The minimum Gasteiger partial charge on any atom is -0.343 e. The van der Waals surface area contributed by atoms with Crippen LogP contribution in [0.2, 0.25) is 0 Å². The number of aromatic amines is 1. The van der Waals surface area contributed by atoms with Gasteiger partial charge in [0.05, 0.1) is 11.5 Å². The SMILES string of the molecule is O=C(NCC(F)(F)F)c1ccc(CN(Cn2[nH]c(-c3cccs3)nc2=S)C2CC2)cc1. The van der Waals surface area contributed by atoms with Crippen LogP contribution in [-0.4, -0.2) is 44.3 Å². The molecule has 2 N–H and O–H groups in total. The smallest absolute Gasteiger partial charge is 0.343 e. The number of alkyl halides is 3. The van der Waals surface area contributed by atoms with E-state index in [0.29, 0.717) is 24.0 Å². The number of rotatable bonds is 8. The first kappa shape index (κ1) is 21.7. The van der Waals surface area contributed by atoms with Crippen LogP contribution in [0.5, 0.6) is 0 Å². The molecule has 0 saturated heterocycles. The molecule has 0 atom stereocenters. The van der Waals surface area contributed by atoms with Gasteiger partial charge in [-0.2, -0.15) is 18.2 Å². The molecule has 1 aromatic carbocycles. The van der Waals surface area contributed by atoms with Crippen molar-refractivity contribution in [1.82, 2.24) is 25.0 Å². The van der Waals surface area contributed by atoms with E-state index in [1.165, 1.54) is 0 Å². The summed E-state index contributed by atoms with van der Waals surface area (Å²) < 4.78 is 39.1. The van der Waals surface area contributed by atoms with E-state index in [2.05, 4.69) is 15.0 Å². The average molecular weight is 468 g/mol. The minimum absolute atomic E-state index is 0.197. The highest BCUT2D eigenvalue weighted by Crippen LogP contribution is 2.29. The summed E-state index contributed by atoms with van der Waals surface area (Å²) in [6.45, 7) is -0.165. The molecule has 2 heterocycles. The standard InChI is InChI=1S/C20H20F3N5OS2/c21-20(22,23)11-24-18(29)14-5-3-13(4-6-14)10-27(15-7-8-15)12-28-19(30)25-17(26-28)16-2-1-9-31-16/h1-6,9,15H,7-8,10-12H2,(H,24,29)(H,25,26,30). The number of thiophene rings is 1. The van der Waals surface area contributed by atoms with E-state index in [4.69, 9.17) is 12.2 Å². The largest absolute Gasteiger partial charge is 0.405 e. The number of hydrogen-bond acceptors (Lipinski definition) is 5. The number of carbonyl (C=O) groups excluding carboxylic acids is 1. The third-order valence-electron chi connectivity index (χ3n) is 4.87. The Kier molecular flexibility index (Phi) is 6.26. The summed E-state index contributed by atoms with van der Waals surface area (Å²) in [4.78, 5) is 19.6. The van der Waals surface area contributed by atoms with Crippen LogP contribution < -0.4 is 5.32 Å². The highest BCUT2D eigenvalue weighted by Gasteiger charge is 2.30. The summed E-state index contributed by atoms with van der Waals surface area (Å²) in [5, 5.41) is 7.12. The molecule has 1 saturated carbocycles. The van der Waals surface area contributed by atoms with Crippen molar-refractivity contribution < 1.29 is 18.0 Å². The predicted molar refractivity (Wildman–Crippen MR) is 114 cm³/mol. The topological polar surface area (TPSA) is 66.0 Å². The Morgan fingerprint density at radius 3 is 2.65 bits per heavy atom. The lowest BCUT2D eigenvalue weighted by Crippen LogP contribution is -2.33. The highest BCUT2D eigenvalue weighted by atomic mass is 32.1. The quantitative estimate of drug-likeness (QED) is 0.476. The van der Waals surface area contributed by atoms with Gasteiger partial charge >= 0.3 is 6.18 Å². The number of hydrogen-bond donors (Lipinski definition) is 2. The molecule has 164 valence electrons. The number of nitrogens with zero attached hydrogens (tertiary/aromatic N) is 3. The number of H-pyrrole nitrogens is 1. The van der Waals surface area contributed by atoms with Crippen molar-refractivity contribution in [3.8, 4) is 10.7 Å². The van der Waals surface area contributed by atoms with Crippen molar-refractivity contribution >= 4 is 29.5 Å². The molecule has 0 aliphatic heterocycles. The summed E-state index contributed by atoms with van der Waals surface area (Å²) in [5.41, 5.74) is 1.16. The maximum atomic E-state index is 12.3. The number of amides is 1. The molecule has 11 heteroatoms. The summed E-state index contributed by atoms with van der Waals surface area (Å²) in [6.07, 6.45) is -2.24. The van der Waals surface area contributed by atoms with E-state index in [0.717, 1.165) is 29.1 Å². The molecule has 1 amide bonds. The fourth-order valence-corrected chi connectivity index (χ4v) is 4.03. The van der Waals surface area contributed by atoms with E-state index in [9.17, 15) is 18.0 Å². The molecule has 0 radical (unpaired) electrons. The highest BCUT2D eigenvalue weighted by molar-refractivity contribution is 7.71. The van der Waals surface area contributed by atoms with Crippen molar-refractivity contribution in [1.29, 1.82) is 0 Å². The molecular weight excluding hydrogens is 447 g/mol. The molecule has 31 heavy (non-hydrogen) atoms. The van der Waals surface area contributed by atoms with Gasteiger partial charge in [-0.25, -0.2) is 4.68 Å². The molecule has 0 bridgehead atoms. The number of nitrogens with one attached hydrogen (secondary N) is 2. The van der Waals surface area contributed by atoms with Gasteiger partial charge in [0.15, 0.2) is 5.82 Å². The number of benzene rings is 1. The lowest BCUT2D eigenvalue weighted by Gasteiger charge is -2.22. The van der Waals surface area contributed by atoms with Crippen LogP contribution in [0.3, 0.4) is 0 Å². The number of aromatic nitrogens is 3. The van der Waals surface area contributed by atoms with Crippen LogP contribution in [-0.2, 0) is 13.2 Å². The first-order valence-corrected chi connectivity index (χ1v) is 11.0. The van der Waals surface area contributed by atoms with Gasteiger partial charge in [-0.15, -0.1) is 11.3 Å². The molecule has 1 aliphatic rings. The van der Waals surface area contributed by atoms with E-state index in [1.807, 2.05) is 27.5 Å². The van der Waals surface area contributed by atoms with E-state index >= 15 is 0 Å². The summed E-state index contributed by atoms with van der Waals surface area (Å²) in [7, 11) is 0. The monoisotopic (exact) mass is 467 g/mol. The first-order valence-electron chi connectivity index (χ1n) is 9.67. The van der Waals surface area contributed by atoms with E-state index < -0.39 is 18.6 Å². The predicted octanol–water partition coefficient (Wildman–Crippen LogP) is 4.58. The van der Waals surface area contributed by atoms with Gasteiger partial charge in [-0.3, -0.25) is 14.8 Å². The van der Waals surface area contributed by atoms with Crippen molar-refractivity contribution in [3.05, 3.63) is 57.7 Å². The van der Waals surface area contributed by atoms with Gasteiger partial charge in [0.25, 0.3) is 5.91 Å². The molecule has 3 aromatic rings. The van der Waals surface area contributed by atoms with Crippen LogP contribution in [0.1, 0.15) is 28.8 Å². The zero-order valence-electron chi connectivity index (χ0n) is 16.4. The molecule has 0 spiro atoms. The number of carbonyl (C=O) groups is 1. The van der Waals surface area contributed by atoms with Gasteiger partial charge in [-0.05, 0) is 54.2 Å². The molecule has 1 aliphatic carbocycles. The zero-order chi connectivity index (χ0) is 22.0. The van der Waals surface area contributed by atoms with Crippen molar-refractivity contribution in [2.75, 3.05) is 6.54 Å². The Hall–Kier alpha value is -2.50. The summed E-state index contributed by atoms with van der Waals surface area (Å²) >= 11 is 6.99. The lowest BCUT2D eigenvalue weighted by atomic mass is 10.1. The molecule has 2 aromatic heterocycles. The fraction of sp³-hybridized carbons (Fsp3) is 0.350. The van der Waals surface area contributed by atoms with Crippen molar-refractivity contribution in [3.63, 3.8) is 0 Å². The number of halogens is 3. The second kappa shape index (κ2) is 8.93. The minimum atomic E-state index is -4.43. The Bertz CT molecular complexity index is 1090. The van der Waals surface area contributed by atoms with Gasteiger partial charge in [0, 0.05) is 18.2 Å². The second-order valence-corrected chi connectivity index (χ2v) is 8.69. The molecule has 0 unspecified atom stereocenters. The third kappa shape index (κ3) is 5.81. The molecule has 4 rings (SSSR count). The Morgan fingerprint density at radius 1 is 1.29 bits per heavy atom. The molecular formula is C20H20F3N5OS2. The summed E-state index contributed by atoms with van der Waals surface area (Å²) in [6, 6.07) is 11.0. The van der Waals surface area contributed by atoms with E-state index in [1.54, 1.807) is 35.6 Å².